The van der Waals surface area contributed by atoms with Gasteiger partial charge in [-0.3, -0.25) is 28.5 Å². The van der Waals surface area contributed by atoms with E-state index in [1.807, 2.05) is 13.8 Å². The van der Waals surface area contributed by atoms with Crippen LogP contribution in [0.3, 0.4) is 0 Å². The molecule has 2 saturated carbocycles. The lowest BCUT2D eigenvalue weighted by atomic mass is 9.91. The van der Waals surface area contributed by atoms with Crippen molar-refractivity contribution in [3.05, 3.63) is 60.7 Å². The number of amides is 4. The Labute approximate surface area is 417 Å². The summed E-state index contributed by atoms with van der Waals surface area (Å²) in [6.45, 7) is 5.84. The number of halogens is 6. The van der Waals surface area contributed by atoms with Gasteiger partial charge in [0.2, 0.25) is 11.8 Å². The molecule has 20 nitrogen and oxygen atoms in total. The van der Waals surface area contributed by atoms with Gasteiger partial charge in [-0.05, 0) is 65.2 Å². The zero-order valence-electron chi connectivity index (χ0n) is 40.1. The number of nitrogens with one attached hydrogen (secondary N) is 4. The van der Waals surface area contributed by atoms with Crippen LogP contribution in [0.5, 0.6) is 0 Å². The van der Waals surface area contributed by atoms with Crippen molar-refractivity contribution >= 4 is 46.0 Å². The fraction of sp³-hybridized carbons (Fsp3) is 0.500. The van der Waals surface area contributed by atoms with E-state index in [4.69, 9.17) is 10.5 Å². The molecule has 4 amide bonds. The number of hydrogen-bond acceptors (Lipinski definition) is 12. The average molecular weight is 1030 g/mol. The normalized spacial score (nSPS) is 18.4. The summed E-state index contributed by atoms with van der Waals surface area (Å²) in [7, 11) is 0. The Balaban J connectivity index is 0.000000182. The van der Waals surface area contributed by atoms with Crippen LogP contribution in [0, 0.1) is 45.3 Å². The summed E-state index contributed by atoms with van der Waals surface area (Å²) in [5, 5.41) is 31.4. The number of aromatic amines is 2. The van der Waals surface area contributed by atoms with E-state index in [1.54, 1.807) is 34.2 Å². The first kappa shape index (κ1) is 51.0. The first-order valence-electron chi connectivity index (χ1n) is 24.2. The quantitative estimate of drug-likeness (QED) is 0.102. The molecule has 388 valence electrons. The smallest absolute Gasteiger partial charge is 0.344 e. The van der Waals surface area contributed by atoms with Gasteiger partial charge in [-0.15, -0.1) is 0 Å². The van der Waals surface area contributed by atoms with Crippen molar-refractivity contribution in [3.8, 4) is 34.7 Å². The molecule has 2 aliphatic carbocycles. The lowest BCUT2D eigenvalue weighted by Crippen LogP contribution is -2.58. The number of H-pyrrole nitrogens is 2. The molecular formula is C48H50F6N16O4. The largest absolute Gasteiger partial charge is 0.396 e. The van der Waals surface area contributed by atoms with Gasteiger partial charge >= 0.3 is 12.4 Å². The third kappa shape index (κ3) is 9.71. The molecule has 0 aromatic carbocycles. The second kappa shape index (κ2) is 19.8. The van der Waals surface area contributed by atoms with Crippen molar-refractivity contribution in [2.75, 3.05) is 26.2 Å². The van der Waals surface area contributed by atoms with E-state index >= 15 is 0 Å². The van der Waals surface area contributed by atoms with Gasteiger partial charge in [-0.1, -0.05) is 0 Å². The van der Waals surface area contributed by atoms with E-state index in [0.29, 0.717) is 61.3 Å². The van der Waals surface area contributed by atoms with E-state index in [0.717, 1.165) is 0 Å². The minimum atomic E-state index is -4.67. The van der Waals surface area contributed by atoms with Crippen LogP contribution >= 0.6 is 0 Å². The molecule has 4 aliphatic rings. The van der Waals surface area contributed by atoms with E-state index in [1.165, 1.54) is 34.6 Å². The Kier molecular flexibility index (Phi) is 13.7. The fourth-order valence-corrected chi connectivity index (χ4v) is 9.60. The van der Waals surface area contributed by atoms with Crippen molar-refractivity contribution in [2.24, 2.45) is 22.7 Å². The molecule has 2 atom stereocenters. The van der Waals surface area contributed by atoms with Crippen LogP contribution in [0.25, 0.3) is 44.8 Å². The summed E-state index contributed by atoms with van der Waals surface area (Å²) in [6.07, 6.45) is 3.64. The van der Waals surface area contributed by atoms with Crippen LogP contribution in [0.15, 0.2) is 49.6 Å². The van der Waals surface area contributed by atoms with Crippen LogP contribution < -0.4 is 10.6 Å². The molecule has 2 saturated heterocycles. The maximum Gasteiger partial charge on any atom is 0.396 e. The number of likely N-dealkylation sites (tertiary alicyclic amines) is 2. The average Bonchev–Trinajstić information content (AvgIpc) is 4.12. The molecule has 4 N–H and O–H groups in total. The molecule has 8 heterocycles. The van der Waals surface area contributed by atoms with Crippen LogP contribution in [0.2, 0.25) is 0 Å². The summed E-state index contributed by atoms with van der Waals surface area (Å²) < 4.78 is 88.0. The zero-order valence-corrected chi connectivity index (χ0v) is 40.1. The third-order valence-electron chi connectivity index (χ3n) is 14.6. The van der Waals surface area contributed by atoms with Gasteiger partial charge in [0.05, 0.1) is 70.3 Å². The molecular weight excluding hydrogens is 979 g/mol. The molecule has 0 bridgehead atoms. The Bertz CT molecular complexity index is 2960. The Morgan fingerprint density at radius 1 is 0.649 bits per heavy atom. The SMILES string of the molecule is CCn1cc(-c2cnc3[nH]cc(C(=O)N[C@@H](C(=O)N4CCC(C#N)CC4)C4(C(F)(F)F)CC4)c3n2)cn1.CCn1cc(-c2cnc3[nH]cc(C(=O)N[C@H](C(=O)N4CCC(C#N)CC4)C4(C(F)(F)F)CC4)c3n2)cn1. The molecule has 6 aromatic heterocycles. The number of piperidine rings is 2. The summed E-state index contributed by atoms with van der Waals surface area (Å²) in [5.74, 6) is -3.72. The van der Waals surface area contributed by atoms with Crippen molar-refractivity contribution in [1.29, 1.82) is 10.5 Å². The number of carbonyl (C=O) groups excluding carboxylic acids is 4. The predicted molar refractivity (Wildman–Crippen MR) is 249 cm³/mol. The molecule has 2 aliphatic heterocycles. The lowest BCUT2D eigenvalue weighted by Gasteiger charge is -2.36. The van der Waals surface area contributed by atoms with Gasteiger partial charge in [0, 0.05) is 87.0 Å². The molecule has 26 heteroatoms. The molecule has 74 heavy (non-hydrogen) atoms. The third-order valence-corrected chi connectivity index (χ3v) is 14.6. The fourth-order valence-electron chi connectivity index (χ4n) is 9.60. The summed E-state index contributed by atoms with van der Waals surface area (Å²) in [4.78, 5) is 79.2. The van der Waals surface area contributed by atoms with Crippen molar-refractivity contribution in [3.63, 3.8) is 0 Å². The Morgan fingerprint density at radius 3 is 1.31 bits per heavy atom. The standard InChI is InChI=1S/2C24H25F3N8O2/c2*1-2-35-13-15(10-31-35)17-12-30-20-18(32-17)16(11-29-20)21(36)33-19(23(5-6-23)24(25,26)27)22(37)34-7-3-14(9-28)4-8-34/h2*10-14,19H,2-8H2,1H3,(H,29,30)(H,33,36)/t2*19-/m10/s1. The van der Waals surface area contributed by atoms with Crippen LogP contribution in [0.4, 0.5) is 26.3 Å². The number of alkyl halides is 6. The van der Waals surface area contributed by atoms with E-state index in [2.05, 4.69) is 62.9 Å². The molecule has 0 radical (unpaired) electrons. The number of rotatable bonds is 12. The Morgan fingerprint density at radius 2 is 1.01 bits per heavy atom. The highest BCUT2D eigenvalue weighted by atomic mass is 19.4. The van der Waals surface area contributed by atoms with E-state index in [9.17, 15) is 45.5 Å². The number of hydrogen-bond donors (Lipinski definition) is 4. The highest BCUT2D eigenvalue weighted by Gasteiger charge is 2.71. The Hall–Kier alpha value is -7.90. The second-order valence-corrected chi connectivity index (χ2v) is 19.1. The van der Waals surface area contributed by atoms with Gasteiger partial charge in [0.1, 0.15) is 23.1 Å². The monoisotopic (exact) mass is 1030 g/mol. The first-order valence-corrected chi connectivity index (χ1v) is 24.2. The number of carbonyl (C=O) groups is 4. The maximum absolute atomic E-state index is 14.1. The topological polar surface area (TPSA) is 265 Å². The van der Waals surface area contributed by atoms with Crippen LogP contribution in [0.1, 0.15) is 85.9 Å². The number of aromatic nitrogens is 10. The summed E-state index contributed by atoms with van der Waals surface area (Å²) >= 11 is 0. The number of fused-ring (bicyclic) bond motifs is 2. The minimum Gasteiger partial charge on any atom is -0.344 e. The van der Waals surface area contributed by atoms with Gasteiger partial charge in [0.15, 0.2) is 11.3 Å². The van der Waals surface area contributed by atoms with E-state index < -0.39 is 58.9 Å². The molecule has 4 fully saturated rings. The highest BCUT2D eigenvalue weighted by Crippen LogP contribution is 2.61. The van der Waals surface area contributed by atoms with Crippen molar-refractivity contribution < 1.29 is 45.5 Å². The molecule has 0 unspecified atom stereocenters. The predicted octanol–water partition coefficient (Wildman–Crippen LogP) is 6.09. The summed E-state index contributed by atoms with van der Waals surface area (Å²) in [5.41, 5.74) is -1.48. The zero-order chi connectivity index (χ0) is 52.7. The minimum absolute atomic E-state index is 0.00815. The van der Waals surface area contributed by atoms with E-state index in [-0.39, 0.29) is 97.2 Å². The molecule has 10 rings (SSSR count). The van der Waals surface area contributed by atoms with Gasteiger partial charge in [0.25, 0.3) is 11.8 Å². The number of nitrogens with zero attached hydrogens (tertiary/aromatic N) is 12. The van der Waals surface area contributed by atoms with Crippen LogP contribution in [-0.2, 0) is 22.7 Å². The van der Waals surface area contributed by atoms with Crippen molar-refractivity contribution in [2.45, 2.75) is 103 Å². The van der Waals surface area contributed by atoms with Gasteiger partial charge < -0.3 is 30.4 Å². The second-order valence-electron chi connectivity index (χ2n) is 19.1. The maximum atomic E-state index is 14.1. The molecule has 0 spiro atoms. The van der Waals surface area contributed by atoms with Gasteiger partial charge in [-0.2, -0.15) is 47.1 Å². The highest BCUT2D eigenvalue weighted by molar-refractivity contribution is 6.07. The van der Waals surface area contributed by atoms with Gasteiger partial charge in [-0.25, -0.2) is 19.9 Å². The summed E-state index contributed by atoms with van der Waals surface area (Å²) in [6, 6.07) is 0.727. The van der Waals surface area contributed by atoms with Crippen LogP contribution in [-0.4, -0.2) is 134 Å². The lowest BCUT2D eigenvalue weighted by molar-refractivity contribution is -0.199. The number of nitriles is 2. The molecule has 6 aromatic rings. The number of aryl methyl sites for hydroxylation is 2. The van der Waals surface area contributed by atoms with Crippen molar-refractivity contribution in [1.82, 2.24) is 69.9 Å². The first-order chi connectivity index (χ1) is 35.3.